The Morgan fingerprint density at radius 2 is 2.03 bits per heavy atom. The number of carbonyl (C=O) groups is 1. The molecule has 2 N–H and O–H groups in total. The smallest absolute Gasteiger partial charge is 0.220 e. The number of nitrogens with zero attached hydrogens (tertiary/aromatic N) is 5. The molecule has 9 heteroatoms. The fourth-order valence-electron chi connectivity index (χ4n) is 4.27. The minimum Gasteiger partial charge on any atom is -0.497 e. The maximum Gasteiger partial charge on any atom is 0.220 e. The summed E-state index contributed by atoms with van der Waals surface area (Å²) < 4.78 is 13.0. The van der Waals surface area contributed by atoms with E-state index in [0.717, 1.165) is 62.5 Å². The summed E-state index contributed by atoms with van der Waals surface area (Å²) in [5.41, 5.74) is 6.61. The van der Waals surface area contributed by atoms with Gasteiger partial charge in [-0.05, 0) is 66.9 Å². The van der Waals surface area contributed by atoms with Gasteiger partial charge in [0.05, 0.1) is 25.8 Å². The molecule has 0 unspecified atom stereocenters. The highest BCUT2D eigenvalue weighted by Crippen LogP contribution is 2.32. The third-order valence-electron chi connectivity index (χ3n) is 5.93. The lowest BCUT2D eigenvalue weighted by molar-refractivity contribution is -0.123. The van der Waals surface area contributed by atoms with E-state index in [1.54, 1.807) is 7.11 Å². The first-order valence-corrected chi connectivity index (χ1v) is 10.2. The highest BCUT2D eigenvalue weighted by Gasteiger charge is 2.33. The summed E-state index contributed by atoms with van der Waals surface area (Å²) in [6.07, 6.45) is 3.74. The molecule has 0 saturated carbocycles. The Labute approximate surface area is 170 Å². The number of aromatic nitrogens is 4. The topological polar surface area (TPSA) is 108 Å². The molecule has 156 valence electrons. The average molecular weight is 400 g/mol. The quantitative estimate of drug-likeness (QED) is 0.742. The van der Waals surface area contributed by atoms with Gasteiger partial charge in [0, 0.05) is 12.5 Å². The predicted molar refractivity (Wildman–Crippen MR) is 105 cm³/mol. The fraction of sp³-hybridized carbons (Fsp3) is 0.600. The summed E-state index contributed by atoms with van der Waals surface area (Å²) in [4.78, 5) is 13.9. The molecule has 2 aromatic rings. The summed E-state index contributed by atoms with van der Waals surface area (Å²) in [5.74, 6) is 1.32. The minimum absolute atomic E-state index is 0.0642. The van der Waals surface area contributed by atoms with E-state index in [1.165, 1.54) is 0 Å². The van der Waals surface area contributed by atoms with Crippen molar-refractivity contribution in [3.8, 4) is 5.75 Å². The maximum atomic E-state index is 11.6. The lowest BCUT2D eigenvalue weighted by Gasteiger charge is -2.36. The molecule has 0 radical (unpaired) electrons. The molecular formula is C20H28N6O3. The summed E-state index contributed by atoms with van der Waals surface area (Å²) in [7, 11) is 1.66. The molecule has 4 rings (SSSR count). The van der Waals surface area contributed by atoms with Gasteiger partial charge in [0.1, 0.15) is 5.75 Å². The molecular weight excluding hydrogens is 372 g/mol. The van der Waals surface area contributed by atoms with Crippen molar-refractivity contribution in [2.24, 2.45) is 11.7 Å². The van der Waals surface area contributed by atoms with E-state index in [-0.39, 0.29) is 24.0 Å². The van der Waals surface area contributed by atoms with Crippen LogP contribution < -0.4 is 10.5 Å². The van der Waals surface area contributed by atoms with Crippen LogP contribution >= 0.6 is 0 Å². The highest BCUT2D eigenvalue weighted by atomic mass is 16.5. The van der Waals surface area contributed by atoms with Crippen molar-refractivity contribution >= 4 is 5.91 Å². The maximum absolute atomic E-state index is 11.6. The Morgan fingerprint density at radius 1 is 1.28 bits per heavy atom. The zero-order chi connectivity index (χ0) is 20.2. The van der Waals surface area contributed by atoms with E-state index in [1.807, 2.05) is 16.8 Å². The number of piperidine rings is 1. The first-order chi connectivity index (χ1) is 14.2. The van der Waals surface area contributed by atoms with Crippen molar-refractivity contribution in [2.45, 2.75) is 44.4 Å². The van der Waals surface area contributed by atoms with Gasteiger partial charge in [-0.1, -0.05) is 12.1 Å². The Hall–Kier alpha value is -2.52. The SMILES string of the molecule is COc1ccc([C@H](c2nnnn2C[C@H]2CCCO2)N2CCC(C(N)=O)CC2)cc1. The summed E-state index contributed by atoms with van der Waals surface area (Å²) >= 11 is 0. The zero-order valence-electron chi connectivity index (χ0n) is 16.7. The van der Waals surface area contributed by atoms with Gasteiger partial charge in [-0.2, -0.15) is 0 Å². The fourth-order valence-corrected chi connectivity index (χ4v) is 4.27. The number of primary amides is 1. The van der Waals surface area contributed by atoms with Gasteiger partial charge in [-0.3, -0.25) is 9.69 Å². The van der Waals surface area contributed by atoms with Crippen LogP contribution in [0.2, 0.25) is 0 Å². The van der Waals surface area contributed by atoms with E-state index in [2.05, 4.69) is 32.6 Å². The van der Waals surface area contributed by atoms with Gasteiger partial charge >= 0.3 is 0 Å². The lowest BCUT2D eigenvalue weighted by Crippen LogP contribution is -2.41. The third-order valence-corrected chi connectivity index (χ3v) is 5.93. The van der Waals surface area contributed by atoms with Gasteiger partial charge in [-0.25, -0.2) is 4.68 Å². The molecule has 1 aromatic carbocycles. The van der Waals surface area contributed by atoms with Gasteiger partial charge < -0.3 is 15.2 Å². The van der Waals surface area contributed by atoms with Crippen molar-refractivity contribution < 1.29 is 14.3 Å². The molecule has 2 saturated heterocycles. The van der Waals surface area contributed by atoms with E-state index in [4.69, 9.17) is 15.2 Å². The first-order valence-electron chi connectivity index (χ1n) is 10.2. The van der Waals surface area contributed by atoms with Crippen molar-refractivity contribution in [3.05, 3.63) is 35.7 Å². The van der Waals surface area contributed by atoms with Crippen LogP contribution in [0.5, 0.6) is 5.75 Å². The average Bonchev–Trinajstić information content (AvgIpc) is 3.42. The zero-order valence-corrected chi connectivity index (χ0v) is 16.7. The number of hydrogen-bond donors (Lipinski definition) is 1. The number of hydrogen-bond acceptors (Lipinski definition) is 7. The molecule has 2 aliphatic heterocycles. The number of carbonyl (C=O) groups excluding carboxylic acids is 1. The number of amides is 1. The second-order valence-corrected chi connectivity index (χ2v) is 7.74. The van der Waals surface area contributed by atoms with E-state index in [9.17, 15) is 4.79 Å². The summed E-state index contributed by atoms with van der Waals surface area (Å²) in [5, 5.41) is 12.6. The molecule has 2 fully saturated rings. The first kappa shape index (κ1) is 19.8. The number of rotatable bonds is 7. The Bertz CT molecular complexity index is 810. The number of ether oxygens (including phenoxy) is 2. The monoisotopic (exact) mass is 400 g/mol. The second kappa shape index (κ2) is 8.87. The van der Waals surface area contributed by atoms with Gasteiger partial charge in [0.25, 0.3) is 0 Å². The highest BCUT2D eigenvalue weighted by molar-refractivity contribution is 5.76. The Kier molecular flexibility index (Phi) is 6.05. The third kappa shape index (κ3) is 4.40. The number of methoxy groups -OCH3 is 1. The second-order valence-electron chi connectivity index (χ2n) is 7.74. The molecule has 0 spiro atoms. The molecule has 0 bridgehead atoms. The van der Waals surface area contributed by atoms with Gasteiger partial charge in [0.15, 0.2) is 5.82 Å². The van der Waals surface area contributed by atoms with Crippen LogP contribution in [0.3, 0.4) is 0 Å². The summed E-state index contributed by atoms with van der Waals surface area (Å²) in [6, 6.07) is 7.90. The van der Waals surface area contributed by atoms with Crippen molar-refractivity contribution in [2.75, 3.05) is 26.8 Å². The molecule has 2 aliphatic rings. The molecule has 0 aliphatic carbocycles. The number of nitrogens with two attached hydrogens (primary N) is 1. The van der Waals surface area contributed by atoms with E-state index in [0.29, 0.717) is 6.54 Å². The van der Waals surface area contributed by atoms with Crippen molar-refractivity contribution in [1.29, 1.82) is 0 Å². The molecule has 29 heavy (non-hydrogen) atoms. The van der Waals surface area contributed by atoms with Gasteiger partial charge in [0.2, 0.25) is 5.91 Å². The number of benzene rings is 1. The number of tetrazole rings is 1. The molecule has 1 aromatic heterocycles. The molecule has 2 atom stereocenters. The number of likely N-dealkylation sites (tertiary alicyclic amines) is 1. The van der Waals surface area contributed by atoms with Crippen LogP contribution in [0.15, 0.2) is 24.3 Å². The van der Waals surface area contributed by atoms with Gasteiger partial charge in [-0.15, -0.1) is 5.10 Å². The van der Waals surface area contributed by atoms with Crippen LogP contribution in [0.1, 0.15) is 43.1 Å². The molecule has 3 heterocycles. The van der Waals surface area contributed by atoms with Crippen LogP contribution in [-0.4, -0.2) is 63.9 Å². The lowest BCUT2D eigenvalue weighted by atomic mass is 9.93. The Balaban J connectivity index is 1.62. The van der Waals surface area contributed by atoms with Crippen molar-refractivity contribution in [1.82, 2.24) is 25.1 Å². The van der Waals surface area contributed by atoms with Crippen LogP contribution in [0, 0.1) is 5.92 Å². The van der Waals surface area contributed by atoms with E-state index < -0.39 is 0 Å². The van der Waals surface area contributed by atoms with Crippen LogP contribution in [0.4, 0.5) is 0 Å². The normalized spacial score (nSPS) is 21.9. The van der Waals surface area contributed by atoms with Crippen LogP contribution in [0.25, 0.3) is 0 Å². The summed E-state index contributed by atoms with van der Waals surface area (Å²) in [6.45, 7) is 2.96. The predicted octanol–water partition coefficient (Wildman–Crippen LogP) is 1.15. The molecule has 1 amide bonds. The van der Waals surface area contributed by atoms with Crippen LogP contribution in [-0.2, 0) is 16.1 Å². The Morgan fingerprint density at radius 3 is 2.66 bits per heavy atom. The van der Waals surface area contributed by atoms with Crippen molar-refractivity contribution in [3.63, 3.8) is 0 Å². The minimum atomic E-state index is -0.214. The largest absolute Gasteiger partial charge is 0.497 e. The van der Waals surface area contributed by atoms with E-state index >= 15 is 0 Å². The molecule has 9 nitrogen and oxygen atoms in total. The standard InChI is InChI=1S/C20H28N6O3/c1-28-16-6-4-14(5-7-16)18(25-10-8-15(9-11-25)19(21)27)20-22-23-24-26(20)13-17-3-2-12-29-17/h4-7,15,17-18H,2-3,8-13H2,1H3,(H2,21,27)/t17-,18-/m1/s1.